The van der Waals surface area contributed by atoms with E-state index in [1.807, 2.05) is 24.3 Å². The zero-order valence-corrected chi connectivity index (χ0v) is 27.6. The molecular formula is C39H56N2O3. The number of aryl methyl sites for hydroxylation is 1. The Balaban J connectivity index is 0.00000357. The number of allylic oxidation sites excluding steroid dienone is 3. The molecule has 0 aromatic heterocycles. The van der Waals surface area contributed by atoms with E-state index in [-0.39, 0.29) is 24.5 Å². The van der Waals surface area contributed by atoms with Crippen LogP contribution in [-0.4, -0.2) is 54.0 Å². The standard InChI is InChI=1S/C39H54N2O3.H2/c1-25-20-35-37(41(24-25)19-18-40-36(43)13-10-28-8-6-5-7-9-28)27(3)39(44-35)17-15-31-32-12-11-29-21-30(42)14-16-38(29,4)34(32)22-33(31)26(2)23-39;/h5-9,21,25,27,31-32,34-35,37H,10-20,22-24H2,1-4H3,(H,40,43);1H/t25-,27+,31-,32?,34-,35+,37-,38-,39?;/m0./s1. The highest BCUT2D eigenvalue weighted by Crippen LogP contribution is 2.64. The third-order valence-corrected chi connectivity index (χ3v) is 13.4. The van der Waals surface area contributed by atoms with Gasteiger partial charge in [-0.05, 0) is 105 Å². The SMILES string of the molecule is CC1=C2C[C@H]3C(CCC4=CC(=O)CC[C@@]43C)[C@@H]2CCC2(C1)O[C@@H]1C[C@H](C)CN(CCNC(=O)CCc3ccccc3)[C@H]1[C@H]2C.[HH]. The number of nitrogens with zero attached hydrogens (tertiary/aromatic N) is 1. The predicted molar refractivity (Wildman–Crippen MR) is 177 cm³/mol. The highest BCUT2D eigenvalue weighted by Gasteiger charge is 2.59. The highest BCUT2D eigenvalue weighted by molar-refractivity contribution is 5.91. The Labute approximate surface area is 266 Å². The maximum Gasteiger partial charge on any atom is 0.220 e. The second kappa shape index (κ2) is 11.8. The molecule has 1 aromatic rings. The lowest BCUT2D eigenvalue weighted by Gasteiger charge is -2.48. The number of carbonyl (C=O) groups is 2. The summed E-state index contributed by atoms with van der Waals surface area (Å²) < 4.78 is 7.28. The summed E-state index contributed by atoms with van der Waals surface area (Å²) in [5.74, 6) is 3.72. The molecule has 2 heterocycles. The van der Waals surface area contributed by atoms with E-state index in [0.29, 0.717) is 48.5 Å². The van der Waals surface area contributed by atoms with Crippen molar-refractivity contribution in [2.75, 3.05) is 19.6 Å². The van der Waals surface area contributed by atoms with Gasteiger partial charge in [0.1, 0.15) is 0 Å². The van der Waals surface area contributed by atoms with Gasteiger partial charge in [0.05, 0.1) is 11.7 Å². The molecule has 5 nitrogen and oxygen atoms in total. The van der Waals surface area contributed by atoms with Crippen molar-refractivity contribution in [3.63, 3.8) is 0 Å². The van der Waals surface area contributed by atoms with E-state index >= 15 is 0 Å². The van der Waals surface area contributed by atoms with Crippen LogP contribution in [0.2, 0.25) is 0 Å². The molecule has 2 saturated carbocycles. The van der Waals surface area contributed by atoms with Crippen LogP contribution in [0.3, 0.4) is 0 Å². The first kappa shape index (κ1) is 30.4. The highest BCUT2D eigenvalue weighted by atomic mass is 16.5. The number of fused-ring (bicyclic) bond motifs is 6. The van der Waals surface area contributed by atoms with Crippen LogP contribution in [0.25, 0.3) is 0 Å². The molecule has 240 valence electrons. The maximum atomic E-state index is 12.7. The van der Waals surface area contributed by atoms with Gasteiger partial charge >= 0.3 is 0 Å². The normalized spacial score (nSPS) is 40.1. The lowest BCUT2D eigenvalue weighted by Crippen LogP contribution is -2.53. The minimum Gasteiger partial charge on any atom is -0.369 e. The molecule has 0 bridgehead atoms. The summed E-state index contributed by atoms with van der Waals surface area (Å²) in [4.78, 5) is 27.6. The Hall–Kier alpha value is -2.24. The average molecular weight is 601 g/mol. The van der Waals surface area contributed by atoms with E-state index in [2.05, 4.69) is 50.0 Å². The molecule has 4 fully saturated rings. The van der Waals surface area contributed by atoms with Gasteiger partial charge in [0, 0.05) is 45.9 Å². The van der Waals surface area contributed by atoms with Crippen molar-refractivity contribution in [1.82, 2.24) is 10.2 Å². The molecule has 44 heavy (non-hydrogen) atoms. The van der Waals surface area contributed by atoms with Gasteiger partial charge in [-0.3, -0.25) is 14.5 Å². The van der Waals surface area contributed by atoms with Crippen molar-refractivity contribution in [3.8, 4) is 0 Å². The number of benzene rings is 1. The molecule has 0 radical (unpaired) electrons. The zero-order chi connectivity index (χ0) is 30.6. The van der Waals surface area contributed by atoms with Crippen LogP contribution in [-0.2, 0) is 20.7 Å². The molecule has 2 saturated heterocycles. The number of rotatable bonds is 6. The Kier molecular flexibility index (Phi) is 8.19. The molecule has 2 unspecified atom stereocenters. The van der Waals surface area contributed by atoms with Crippen molar-refractivity contribution in [3.05, 3.63) is 58.7 Å². The first-order valence-corrected chi connectivity index (χ1v) is 17.8. The van der Waals surface area contributed by atoms with Crippen LogP contribution in [0.4, 0.5) is 0 Å². The summed E-state index contributed by atoms with van der Waals surface area (Å²) in [6.45, 7) is 12.5. The van der Waals surface area contributed by atoms with Gasteiger partial charge in [0.25, 0.3) is 0 Å². The van der Waals surface area contributed by atoms with Crippen LogP contribution < -0.4 is 5.32 Å². The fourth-order valence-corrected chi connectivity index (χ4v) is 11.1. The van der Waals surface area contributed by atoms with Crippen LogP contribution in [0.5, 0.6) is 0 Å². The fraction of sp³-hybridized carbons (Fsp3) is 0.692. The first-order chi connectivity index (χ1) is 21.2. The topological polar surface area (TPSA) is 58.6 Å². The van der Waals surface area contributed by atoms with E-state index in [0.717, 1.165) is 64.0 Å². The van der Waals surface area contributed by atoms with Crippen molar-refractivity contribution >= 4 is 11.7 Å². The largest absolute Gasteiger partial charge is 0.369 e. The molecule has 1 amide bonds. The van der Waals surface area contributed by atoms with Crippen molar-refractivity contribution in [1.29, 1.82) is 0 Å². The Morgan fingerprint density at radius 1 is 1.14 bits per heavy atom. The summed E-state index contributed by atoms with van der Waals surface area (Å²) in [5.41, 5.74) is 6.18. The minimum absolute atomic E-state index is 0. The lowest BCUT2D eigenvalue weighted by molar-refractivity contribution is -0.121. The van der Waals surface area contributed by atoms with Gasteiger partial charge in [-0.25, -0.2) is 0 Å². The van der Waals surface area contributed by atoms with E-state index in [1.165, 1.54) is 30.4 Å². The van der Waals surface area contributed by atoms with E-state index in [4.69, 9.17) is 4.74 Å². The summed E-state index contributed by atoms with van der Waals surface area (Å²) in [6, 6.07) is 10.7. The maximum absolute atomic E-state index is 12.7. The lowest BCUT2D eigenvalue weighted by atomic mass is 9.56. The van der Waals surface area contributed by atoms with Crippen LogP contribution >= 0.6 is 0 Å². The van der Waals surface area contributed by atoms with Gasteiger partial charge in [-0.2, -0.15) is 0 Å². The number of ketones is 1. The van der Waals surface area contributed by atoms with Gasteiger partial charge in [0.15, 0.2) is 5.78 Å². The number of hydrogen-bond acceptors (Lipinski definition) is 4. The Morgan fingerprint density at radius 3 is 2.77 bits per heavy atom. The van der Waals surface area contributed by atoms with Crippen LogP contribution in [0.15, 0.2) is 53.1 Å². The molecule has 2 aliphatic heterocycles. The molecule has 5 heteroatoms. The average Bonchev–Trinajstić information content (AvgIpc) is 3.47. The zero-order valence-electron chi connectivity index (χ0n) is 27.6. The molecule has 1 N–H and O–H groups in total. The van der Waals surface area contributed by atoms with Gasteiger partial charge in [-0.15, -0.1) is 0 Å². The number of ether oxygens (including phenoxy) is 1. The van der Waals surface area contributed by atoms with Crippen molar-refractivity contribution in [2.45, 2.75) is 116 Å². The monoisotopic (exact) mass is 600 g/mol. The summed E-state index contributed by atoms with van der Waals surface area (Å²) in [6.07, 6.45) is 13.6. The Morgan fingerprint density at radius 2 is 1.95 bits per heavy atom. The number of carbonyl (C=O) groups excluding carboxylic acids is 2. The third-order valence-electron chi connectivity index (χ3n) is 13.4. The molecule has 7 rings (SSSR count). The van der Waals surface area contributed by atoms with Crippen molar-refractivity contribution < 1.29 is 15.8 Å². The Bertz CT molecular complexity index is 1340. The minimum atomic E-state index is -0.0750. The second-order valence-corrected chi connectivity index (χ2v) is 15.9. The fourth-order valence-electron chi connectivity index (χ4n) is 11.1. The summed E-state index contributed by atoms with van der Waals surface area (Å²) >= 11 is 0. The quantitative estimate of drug-likeness (QED) is 0.348. The molecule has 1 aromatic carbocycles. The molecule has 6 aliphatic rings. The third kappa shape index (κ3) is 5.34. The van der Waals surface area contributed by atoms with Gasteiger partial charge < -0.3 is 10.1 Å². The number of hydrogen-bond donors (Lipinski definition) is 1. The van der Waals surface area contributed by atoms with Gasteiger partial charge in [-0.1, -0.05) is 67.8 Å². The van der Waals surface area contributed by atoms with Crippen molar-refractivity contribution in [2.24, 2.45) is 35.0 Å². The predicted octanol–water partition coefficient (Wildman–Crippen LogP) is 7.31. The van der Waals surface area contributed by atoms with E-state index in [1.54, 1.807) is 11.1 Å². The van der Waals surface area contributed by atoms with E-state index < -0.39 is 0 Å². The number of piperidine rings is 1. The molecular weight excluding hydrogens is 544 g/mol. The molecule has 4 aliphatic carbocycles. The molecule has 9 atom stereocenters. The number of likely N-dealkylation sites (tertiary alicyclic amines) is 1. The van der Waals surface area contributed by atoms with Crippen LogP contribution in [0, 0.1) is 35.0 Å². The summed E-state index contributed by atoms with van der Waals surface area (Å²) in [5, 5.41) is 3.22. The van der Waals surface area contributed by atoms with Gasteiger partial charge in [0.2, 0.25) is 5.91 Å². The van der Waals surface area contributed by atoms with E-state index in [9.17, 15) is 9.59 Å². The summed E-state index contributed by atoms with van der Waals surface area (Å²) in [7, 11) is 0. The smallest absolute Gasteiger partial charge is 0.220 e. The number of amides is 1. The van der Waals surface area contributed by atoms with Crippen LogP contribution in [0.1, 0.15) is 98.9 Å². The second-order valence-electron chi connectivity index (χ2n) is 15.9. The number of nitrogens with one attached hydrogen (secondary N) is 1. The first-order valence-electron chi connectivity index (χ1n) is 17.8. The molecule has 1 spiro atoms.